The Balaban J connectivity index is 1.75. The molecule has 1 atom stereocenters. The maximum atomic E-state index is 12.3. The molecule has 1 N–H and O–H groups in total. The average Bonchev–Trinajstić information content (AvgIpc) is 3.20. The van der Waals surface area contributed by atoms with Gasteiger partial charge < -0.3 is 9.88 Å². The largest absolute Gasteiger partial charge is 0.361 e. The number of amides is 1. The number of nitrogens with zero attached hydrogens (tertiary/aromatic N) is 1. The SMILES string of the molecule is C[C@@H](C1CC1)N(C)C(=O)Cc1c[nH]c2ccccc12. The lowest BCUT2D eigenvalue weighted by atomic mass is 10.1. The summed E-state index contributed by atoms with van der Waals surface area (Å²) in [6.45, 7) is 2.16. The van der Waals surface area contributed by atoms with Crippen molar-refractivity contribution >= 4 is 16.8 Å². The van der Waals surface area contributed by atoms with Gasteiger partial charge in [0.05, 0.1) is 6.42 Å². The smallest absolute Gasteiger partial charge is 0.227 e. The second-order valence-corrected chi connectivity index (χ2v) is 5.62. The van der Waals surface area contributed by atoms with Crippen LogP contribution in [-0.2, 0) is 11.2 Å². The molecule has 0 aliphatic heterocycles. The third-order valence-corrected chi connectivity index (χ3v) is 4.33. The molecule has 0 spiro atoms. The molecule has 1 saturated carbocycles. The van der Waals surface area contributed by atoms with Gasteiger partial charge in [-0.15, -0.1) is 0 Å². The van der Waals surface area contributed by atoms with E-state index in [1.807, 2.05) is 36.3 Å². The van der Waals surface area contributed by atoms with E-state index < -0.39 is 0 Å². The number of likely N-dealkylation sites (N-methyl/N-ethyl adjacent to an activating group) is 1. The van der Waals surface area contributed by atoms with E-state index in [-0.39, 0.29) is 5.91 Å². The highest BCUT2D eigenvalue weighted by Gasteiger charge is 2.32. The Morgan fingerprint density at radius 3 is 2.89 bits per heavy atom. The summed E-state index contributed by atoms with van der Waals surface area (Å²) in [6.07, 6.45) is 4.98. The van der Waals surface area contributed by atoms with Crippen molar-refractivity contribution in [3.63, 3.8) is 0 Å². The molecule has 3 nitrogen and oxygen atoms in total. The minimum absolute atomic E-state index is 0.212. The molecule has 100 valence electrons. The summed E-state index contributed by atoms with van der Waals surface area (Å²) in [5.41, 5.74) is 2.19. The van der Waals surface area contributed by atoms with Gasteiger partial charge in [-0.3, -0.25) is 4.79 Å². The normalized spacial score (nSPS) is 16.5. The predicted octanol–water partition coefficient (Wildman–Crippen LogP) is 2.97. The molecule has 1 amide bonds. The molecule has 1 aliphatic carbocycles. The standard InChI is InChI=1S/C16H20N2O/c1-11(12-7-8-12)18(2)16(19)9-13-10-17-15-6-4-3-5-14(13)15/h3-6,10-12,17H,7-9H2,1-2H3/t11-/m0/s1. The predicted molar refractivity (Wildman–Crippen MR) is 77.0 cm³/mol. The van der Waals surface area contributed by atoms with Gasteiger partial charge in [-0.25, -0.2) is 0 Å². The minimum atomic E-state index is 0.212. The van der Waals surface area contributed by atoms with Crippen LogP contribution in [0.25, 0.3) is 10.9 Å². The molecule has 0 bridgehead atoms. The average molecular weight is 256 g/mol. The van der Waals surface area contributed by atoms with Crippen molar-refractivity contribution in [1.29, 1.82) is 0 Å². The summed E-state index contributed by atoms with van der Waals surface area (Å²) < 4.78 is 0. The molecule has 1 heterocycles. The second kappa shape index (κ2) is 4.72. The van der Waals surface area contributed by atoms with Crippen LogP contribution < -0.4 is 0 Å². The topological polar surface area (TPSA) is 36.1 Å². The maximum Gasteiger partial charge on any atom is 0.227 e. The molecule has 0 unspecified atom stereocenters. The third-order valence-electron chi connectivity index (χ3n) is 4.33. The molecule has 0 radical (unpaired) electrons. The van der Waals surface area contributed by atoms with E-state index in [0.29, 0.717) is 12.5 Å². The first-order valence-electron chi connectivity index (χ1n) is 6.97. The summed E-state index contributed by atoms with van der Waals surface area (Å²) in [7, 11) is 1.93. The highest BCUT2D eigenvalue weighted by atomic mass is 16.2. The number of hydrogen-bond acceptors (Lipinski definition) is 1. The zero-order chi connectivity index (χ0) is 13.4. The van der Waals surface area contributed by atoms with Gasteiger partial charge >= 0.3 is 0 Å². The van der Waals surface area contributed by atoms with Gasteiger partial charge in [-0.05, 0) is 37.3 Å². The first-order chi connectivity index (χ1) is 9.16. The molecule has 1 aromatic heterocycles. The Morgan fingerprint density at radius 1 is 1.42 bits per heavy atom. The van der Waals surface area contributed by atoms with E-state index in [4.69, 9.17) is 0 Å². The van der Waals surface area contributed by atoms with Crippen molar-refractivity contribution in [2.45, 2.75) is 32.2 Å². The first-order valence-corrected chi connectivity index (χ1v) is 6.97. The Morgan fingerprint density at radius 2 is 2.16 bits per heavy atom. The number of hydrogen-bond donors (Lipinski definition) is 1. The van der Waals surface area contributed by atoms with E-state index in [0.717, 1.165) is 22.4 Å². The fraction of sp³-hybridized carbons (Fsp3) is 0.438. The zero-order valence-electron chi connectivity index (χ0n) is 11.5. The van der Waals surface area contributed by atoms with Crippen molar-refractivity contribution in [3.8, 4) is 0 Å². The Labute approximate surface area is 113 Å². The van der Waals surface area contributed by atoms with Crippen LogP contribution in [0.2, 0.25) is 0 Å². The van der Waals surface area contributed by atoms with Crippen LogP contribution >= 0.6 is 0 Å². The monoisotopic (exact) mass is 256 g/mol. The van der Waals surface area contributed by atoms with Crippen LogP contribution in [0, 0.1) is 5.92 Å². The maximum absolute atomic E-state index is 12.3. The number of aromatic amines is 1. The van der Waals surface area contributed by atoms with Crippen LogP contribution in [0.3, 0.4) is 0 Å². The summed E-state index contributed by atoms with van der Waals surface area (Å²) in [6, 6.07) is 8.50. The number of rotatable bonds is 4. The zero-order valence-corrected chi connectivity index (χ0v) is 11.5. The number of benzene rings is 1. The molecule has 1 aromatic carbocycles. The fourth-order valence-electron chi connectivity index (χ4n) is 2.69. The molecule has 19 heavy (non-hydrogen) atoms. The minimum Gasteiger partial charge on any atom is -0.361 e. The van der Waals surface area contributed by atoms with E-state index in [2.05, 4.69) is 18.0 Å². The highest BCUT2D eigenvalue weighted by molar-refractivity contribution is 5.88. The number of carbonyl (C=O) groups excluding carboxylic acids is 1. The van der Waals surface area contributed by atoms with Crippen molar-refractivity contribution < 1.29 is 4.79 Å². The molecular weight excluding hydrogens is 236 g/mol. The quantitative estimate of drug-likeness (QED) is 0.897. The highest BCUT2D eigenvalue weighted by Crippen LogP contribution is 2.34. The summed E-state index contributed by atoms with van der Waals surface area (Å²) >= 11 is 0. The number of carbonyl (C=O) groups is 1. The van der Waals surface area contributed by atoms with Crippen molar-refractivity contribution in [3.05, 3.63) is 36.0 Å². The van der Waals surface area contributed by atoms with Crippen LogP contribution in [0.4, 0.5) is 0 Å². The van der Waals surface area contributed by atoms with Crippen molar-refractivity contribution in [2.75, 3.05) is 7.05 Å². The van der Waals surface area contributed by atoms with Gasteiger partial charge in [0, 0.05) is 30.2 Å². The van der Waals surface area contributed by atoms with Crippen molar-refractivity contribution in [2.24, 2.45) is 5.92 Å². The lowest BCUT2D eigenvalue weighted by Crippen LogP contribution is -2.37. The Bertz CT molecular complexity index is 598. The number of fused-ring (bicyclic) bond motifs is 1. The van der Waals surface area contributed by atoms with Gasteiger partial charge in [-0.2, -0.15) is 0 Å². The van der Waals surface area contributed by atoms with Crippen molar-refractivity contribution in [1.82, 2.24) is 9.88 Å². The van der Waals surface area contributed by atoms with E-state index in [1.165, 1.54) is 12.8 Å². The number of nitrogens with one attached hydrogen (secondary N) is 1. The van der Waals surface area contributed by atoms with Gasteiger partial charge in [0.1, 0.15) is 0 Å². The molecular formula is C16H20N2O. The summed E-state index contributed by atoms with van der Waals surface area (Å²) in [4.78, 5) is 17.5. The Hall–Kier alpha value is -1.77. The molecule has 1 aliphatic rings. The number of aromatic nitrogens is 1. The Kier molecular flexibility index (Phi) is 3.05. The summed E-state index contributed by atoms with van der Waals surface area (Å²) in [5.74, 6) is 0.932. The van der Waals surface area contributed by atoms with E-state index in [1.54, 1.807) is 0 Å². The second-order valence-electron chi connectivity index (χ2n) is 5.62. The van der Waals surface area contributed by atoms with Gasteiger partial charge in [0.25, 0.3) is 0 Å². The third kappa shape index (κ3) is 2.37. The fourth-order valence-corrected chi connectivity index (χ4v) is 2.69. The van der Waals surface area contributed by atoms with Crippen LogP contribution in [0.5, 0.6) is 0 Å². The number of para-hydroxylation sites is 1. The molecule has 0 saturated heterocycles. The molecule has 3 rings (SSSR count). The molecule has 3 heteroatoms. The summed E-state index contributed by atoms with van der Waals surface area (Å²) in [5, 5.41) is 1.16. The first kappa shape index (κ1) is 12.3. The lowest BCUT2D eigenvalue weighted by Gasteiger charge is -2.24. The van der Waals surface area contributed by atoms with Crippen LogP contribution in [0.15, 0.2) is 30.5 Å². The van der Waals surface area contributed by atoms with E-state index >= 15 is 0 Å². The van der Waals surface area contributed by atoms with Gasteiger partial charge in [0.2, 0.25) is 5.91 Å². The van der Waals surface area contributed by atoms with Gasteiger partial charge in [-0.1, -0.05) is 18.2 Å². The van der Waals surface area contributed by atoms with Crippen LogP contribution in [0.1, 0.15) is 25.3 Å². The number of H-pyrrole nitrogens is 1. The van der Waals surface area contributed by atoms with Gasteiger partial charge in [0.15, 0.2) is 0 Å². The molecule has 1 fully saturated rings. The van der Waals surface area contributed by atoms with Crippen LogP contribution in [-0.4, -0.2) is 28.9 Å². The van der Waals surface area contributed by atoms with E-state index in [9.17, 15) is 4.79 Å². The molecule has 2 aromatic rings. The lowest BCUT2D eigenvalue weighted by molar-refractivity contribution is -0.131.